The molecule has 0 spiro atoms. The molecule has 0 aliphatic rings. The summed E-state index contributed by atoms with van der Waals surface area (Å²) in [5.41, 5.74) is 2.31. The first-order chi connectivity index (χ1) is 22.4. The number of esters is 1. The van der Waals surface area contributed by atoms with Gasteiger partial charge in [0.1, 0.15) is 12.1 Å². The smallest absolute Gasteiger partial charge is 0.307 e. The molecule has 0 radical (unpaired) electrons. The van der Waals surface area contributed by atoms with Crippen molar-refractivity contribution in [3.05, 3.63) is 48.3 Å². The number of aromatic nitrogens is 2. The standard InChI is InChI=1S/C36H53N5O5/c1-6-8-10-12-19-41(20-13-11-9-7-2)21-14-22-46-34-23-30-32(24-33(34)44-4)37-26-38-36(30)40-29-17-15-28(16-18-29)31(39-27(3)42)25-35(43)45-5/h15-18,23-24,26,31H,6-14,19-22,25H2,1-5H3,(H,39,42)(H,37,38,40). The lowest BCUT2D eigenvalue weighted by molar-refractivity contribution is -0.141. The Morgan fingerprint density at radius 3 is 2.13 bits per heavy atom. The molecular formula is C36H53N5O5. The van der Waals surface area contributed by atoms with E-state index in [-0.39, 0.29) is 12.3 Å². The van der Waals surface area contributed by atoms with E-state index in [0.717, 1.165) is 48.2 Å². The summed E-state index contributed by atoms with van der Waals surface area (Å²) in [6, 6.07) is 10.8. The number of amides is 1. The number of anilines is 2. The quantitative estimate of drug-likeness (QED) is 0.0863. The number of nitrogens with zero attached hydrogens (tertiary/aromatic N) is 3. The van der Waals surface area contributed by atoms with Gasteiger partial charge in [-0.05, 0) is 56.1 Å². The first kappa shape index (κ1) is 36.5. The van der Waals surface area contributed by atoms with Crippen LogP contribution in [0.25, 0.3) is 10.9 Å². The normalized spacial score (nSPS) is 11.8. The Hall–Kier alpha value is -3.92. The van der Waals surface area contributed by atoms with Crippen LogP contribution in [0.4, 0.5) is 11.5 Å². The number of carbonyl (C=O) groups is 2. The first-order valence-corrected chi connectivity index (χ1v) is 16.8. The predicted molar refractivity (Wildman–Crippen MR) is 184 cm³/mol. The Morgan fingerprint density at radius 2 is 1.52 bits per heavy atom. The molecule has 3 aromatic rings. The van der Waals surface area contributed by atoms with Crippen LogP contribution in [0.15, 0.2) is 42.7 Å². The maximum atomic E-state index is 11.9. The number of fused-ring (bicyclic) bond motifs is 1. The van der Waals surface area contributed by atoms with E-state index in [4.69, 9.17) is 14.2 Å². The van der Waals surface area contributed by atoms with E-state index in [2.05, 4.69) is 39.3 Å². The first-order valence-electron chi connectivity index (χ1n) is 16.8. The van der Waals surface area contributed by atoms with Crippen molar-refractivity contribution in [3.8, 4) is 11.5 Å². The Balaban J connectivity index is 1.69. The fourth-order valence-corrected chi connectivity index (χ4v) is 5.45. The van der Waals surface area contributed by atoms with Gasteiger partial charge >= 0.3 is 5.97 Å². The van der Waals surface area contributed by atoms with Crippen molar-refractivity contribution >= 4 is 34.3 Å². The molecular weight excluding hydrogens is 582 g/mol. The zero-order valence-corrected chi connectivity index (χ0v) is 28.4. The summed E-state index contributed by atoms with van der Waals surface area (Å²) in [5.74, 6) is 1.29. The molecule has 1 atom stereocenters. The van der Waals surface area contributed by atoms with Crippen LogP contribution in [0.2, 0.25) is 0 Å². The van der Waals surface area contributed by atoms with Gasteiger partial charge in [0.05, 0.1) is 38.8 Å². The number of ether oxygens (including phenoxy) is 3. The third-order valence-electron chi connectivity index (χ3n) is 8.00. The minimum Gasteiger partial charge on any atom is -0.493 e. The molecule has 2 N–H and O–H groups in total. The SMILES string of the molecule is CCCCCCN(CCCCCC)CCCOc1cc2c(Nc3ccc(C(CC(=O)OC)NC(C)=O)cc3)ncnc2cc1OC. The monoisotopic (exact) mass is 635 g/mol. The van der Waals surface area contributed by atoms with E-state index in [1.165, 1.54) is 71.7 Å². The van der Waals surface area contributed by atoms with E-state index in [9.17, 15) is 9.59 Å². The molecule has 10 nitrogen and oxygen atoms in total. The largest absolute Gasteiger partial charge is 0.493 e. The van der Waals surface area contributed by atoms with Gasteiger partial charge < -0.3 is 29.7 Å². The molecule has 2 aromatic carbocycles. The van der Waals surface area contributed by atoms with Crippen molar-refractivity contribution in [1.29, 1.82) is 0 Å². The second kappa shape index (κ2) is 20.3. The highest BCUT2D eigenvalue weighted by atomic mass is 16.5. The molecule has 0 bridgehead atoms. The number of hydrogen-bond acceptors (Lipinski definition) is 9. The summed E-state index contributed by atoms with van der Waals surface area (Å²) in [4.78, 5) is 35.2. The van der Waals surface area contributed by atoms with Gasteiger partial charge in [0.15, 0.2) is 11.5 Å². The zero-order valence-electron chi connectivity index (χ0n) is 28.4. The summed E-state index contributed by atoms with van der Waals surface area (Å²) >= 11 is 0. The molecule has 10 heteroatoms. The van der Waals surface area contributed by atoms with E-state index in [0.29, 0.717) is 23.9 Å². The van der Waals surface area contributed by atoms with Crippen molar-refractivity contribution < 1.29 is 23.8 Å². The van der Waals surface area contributed by atoms with Gasteiger partial charge in [-0.15, -0.1) is 0 Å². The topological polar surface area (TPSA) is 115 Å². The van der Waals surface area contributed by atoms with Crippen LogP contribution in [-0.2, 0) is 14.3 Å². The average Bonchev–Trinajstić information content (AvgIpc) is 3.06. The molecule has 3 rings (SSSR count). The maximum absolute atomic E-state index is 11.9. The average molecular weight is 636 g/mol. The van der Waals surface area contributed by atoms with Crippen LogP contribution >= 0.6 is 0 Å². The Morgan fingerprint density at radius 1 is 0.848 bits per heavy atom. The van der Waals surface area contributed by atoms with E-state index in [1.54, 1.807) is 7.11 Å². The van der Waals surface area contributed by atoms with Crippen LogP contribution in [0.3, 0.4) is 0 Å². The molecule has 0 aliphatic heterocycles. The molecule has 252 valence electrons. The molecule has 1 heterocycles. The summed E-state index contributed by atoms with van der Waals surface area (Å²) in [6.07, 6.45) is 12.7. The van der Waals surface area contributed by atoms with Crippen LogP contribution in [0.1, 0.15) is 96.6 Å². The van der Waals surface area contributed by atoms with Gasteiger partial charge in [-0.2, -0.15) is 0 Å². The highest BCUT2D eigenvalue weighted by Crippen LogP contribution is 2.35. The maximum Gasteiger partial charge on any atom is 0.307 e. The highest BCUT2D eigenvalue weighted by Gasteiger charge is 2.18. The van der Waals surface area contributed by atoms with Crippen molar-refractivity contribution in [1.82, 2.24) is 20.2 Å². The number of rotatable bonds is 22. The number of nitrogens with one attached hydrogen (secondary N) is 2. The minimum atomic E-state index is -0.486. The molecule has 0 aliphatic carbocycles. The second-order valence-corrected chi connectivity index (χ2v) is 11.7. The number of carbonyl (C=O) groups excluding carboxylic acids is 2. The summed E-state index contributed by atoms with van der Waals surface area (Å²) in [5, 5.41) is 7.00. The molecule has 1 amide bonds. The fraction of sp³-hybridized carbons (Fsp3) is 0.556. The minimum absolute atomic E-state index is 0.0416. The zero-order chi connectivity index (χ0) is 33.1. The van der Waals surface area contributed by atoms with Gasteiger partial charge in [-0.3, -0.25) is 9.59 Å². The molecule has 46 heavy (non-hydrogen) atoms. The highest BCUT2D eigenvalue weighted by molar-refractivity contribution is 5.93. The van der Waals surface area contributed by atoms with E-state index in [1.807, 2.05) is 36.4 Å². The summed E-state index contributed by atoms with van der Waals surface area (Å²) in [6.45, 7) is 9.84. The van der Waals surface area contributed by atoms with E-state index < -0.39 is 12.0 Å². The van der Waals surface area contributed by atoms with Gasteiger partial charge in [0.25, 0.3) is 0 Å². The van der Waals surface area contributed by atoms with Crippen molar-refractivity contribution in [2.24, 2.45) is 0 Å². The van der Waals surface area contributed by atoms with Crippen LogP contribution < -0.4 is 20.1 Å². The third-order valence-corrected chi connectivity index (χ3v) is 8.00. The molecule has 0 saturated heterocycles. The molecule has 1 aromatic heterocycles. The van der Waals surface area contributed by atoms with Crippen molar-refractivity contribution in [2.45, 2.75) is 91.0 Å². The van der Waals surface area contributed by atoms with Gasteiger partial charge in [-0.1, -0.05) is 64.5 Å². The van der Waals surface area contributed by atoms with Gasteiger partial charge in [-0.25, -0.2) is 9.97 Å². The Bertz CT molecular complexity index is 1340. The predicted octanol–water partition coefficient (Wildman–Crippen LogP) is 7.35. The van der Waals surface area contributed by atoms with Gasteiger partial charge in [0, 0.05) is 30.6 Å². The number of hydrogen-bond donors (Lipinski definition) is 2. The molecule has 0 fully saturated rings. The molecule has 0 saturated carbocycles. The van der Waals surface area contributed by atoms with Crippen molar-refractivity contribution in [2.75, 3.05) is 45.8 Å². The van der Waals surface area contributed by atoms with Crippen LogP contribution in [-0.4, -0.2) is 67.2 Å². The lowest BCUT2D eigenvalue weighted by Crippen LogP contribution is -2.28. The lowest BCUT2D eigenvalue weighted by atomic mass is 10.0. The summed E-state index contributed by atoms with van der Waals surface area (Å²) in [7, 11) is 2.97. The van der Waals surface area contributed by atoms with Crippen LogP contribution in [0.5, 0.6) is 11.5 Å². The summed E-state index contributed by atoms with van der Waals surface area (Å²) < 4.78 is 16.7. The van der Waals surface area contributed by atoms with E-state index >= 15 is 0 Å². The number of unbranched alkanes of at least 4 members (excludes halogenated alkanes) is 6. The number of benzene rings is 2. The second-order valence-electron chi connectivity index (χ2n) is 11.7. The lowest BCUT2D eigenvalue weighted by Gasteiger charge is -2.22. The Labute approximate surface area is 274 Å². The molecule has 1 unspecified atom stereocenters. The fourth-order valence-electron chi connectivity index (χ4n) is 5.45. The van der Waals surface area contributed by atoms with Crippen LogP contribution in [0, 0.1) is 0 Å². The Kier molecular flexibility index (Phi) is 16.1. The number of methoxy groups -OCH3 is 2. The third kappa shape index (κ3) is 12.1. The van der Waals surface area contributed by atoms with Gasteiger partial charge in [0.2, 0.25) is 5.91 Å². The van der Waals surface area contributed by atoms with Crippen molar-refractivity contribution in [3.63, 3.8) is 0 Å².